The van der Waals surface area contributed by atoms with E-state index in [1.165, 1.54) is 13.8 Å². The number of carboxylic acids is 1. The summed E-state index contributed by atoms with van der Waals surface area (Å²) in [7, 11) is -16.5. The van der Waals surface area contributed by atoms with Crippen LogP contribution in [0.2, 0.25) is 0 Å². The monoisotopic (exact) mass is 943 g/mol. The summed E-state index contributed by atoms with van der Waals surface area (Å²) in [4.78, 5) is 100.0. The lowest BCUT2D eigenvalue weighted by Gasteiger charge is -2.30. The van der Waals surface area contributed by atoms with Crippen molar-refractivity contribution in [1.29, 1.82) is 0 Å². The molecular weight excluding hydrogens is 899 g/mol. The zero-order chi connectivity index (χ0) is 45.3. The third-order valence-electron chi connectivity index (χ3n) is 8.61. The highest BCUT2D eigenvalue weighted by Gasteiger charge is 2.50. The number of aliphatic hydroxyl groups is 2. The van der Waals surface area contributed by atoms with Crippen molar-refractivity contribution < 1.29 is 90.4 Å². The standard InChI is InChI=1S/C31H44N7O19P3S/c1-31(2,24(41)27(42)34-9-8-20(39)33-10-11-61-30(45)18(29(43)44)12-17-6-4-3-5-7-17)14-54-60(51,52)57-59(49,50)53-13-19-23(56-58(46,47)48)22(40)28(55-19)38-16-37-21-25(32)35-15-36-26(21)38/h3-7,15-16,18-19,22-24,28,40-41H,8-14H2,1-2H3,(H,33,39)(H,34,42)(H,43,44)(H,49,50)(H,51,52)(H2,32,35,36)(H2,46,47,48)/t18?,19-,22-,23-,24+,28-/m1/s1. The topological polar surface area (TPSA) is 401 Å². The molecule has 1 aliphatic heterocycles. The second-order valence-electron chi connectivity index (χ2n) is 13.8. The second kappa shape index (κ2) is 21.1. The number of hydrogen-bond donors (Lipinski definition) is 10. The number of nitrogens with one attached hydrogen (secondary N) is 2. The van der Waals surface area contributed by atoms with E-state index in [0.29, 0.717) is 5.56 Å². The Morgan fingerprint density at radius 1 is 1.00 bits per heavy atom. The number of nitrogens with zero attached hydrogens (tertiary/aromatic N) is 4. The Morgan fingerprint density at radius 2 is 1.67 bits per heavy atom. The molecule has 8 atom stereocenters. The first kappa shape index (κ1) is 49.9. The molecule has 2 amide bonds. The van der Waals surface area contributed by atoms with Crippen molar-refractivity contribution >= 4 is 75.1 Å². The SMILES string of the molecule is CC(C)(COP(=O)(O)OP(=O)(O)OC[C@H]1O[C@@H](n2cnc3c(N)ncnc32)[C@H](O)[C@@H]1OP(=O)(O)O)[C@@H](O)C(=O)NCCC(=O)NCCSC(=O)C(Cc1ccccc1)C(=O)O. The molecule has 26 nitrogen and oxygen atoms in total. The summed E-state index contributed by atoms with van der Waals surface area (Å²) >= 11 is 0.745. The number of aliphatic hydroxyl groups excluding tert-OH is 2. The first-order chi connectivity index (χ1) is 28.4. The van der Waals surface area contributed by atoms with Crippen molar-refractivity contribution in [2.24, 2.45) is 11.3 Å². The number of phosphoric ester groups is 3. The molecular formula is C31H44N7O19P3S. The third kappa shape index (κ3) is 14.7. The summed E-state index contributed by atoms with van der Waals surface area (Å²) in [6, 6.07) is 8.61. The molecule has 3 aromatic rings. The van der Waals surface area contributed by atoms with Gasteiger partial charge in [-0.25, -0.2) is 28.6 Å². The van der Waals surface area contributed by atoms with Crippen LogP contribution in [0.1, 0.15) is 32.1 Å². The molecule has 0 saturated carbocycles. The van der Waals surface area contributed by atoms with Gasteiger partial charge in [0.15, 0.2) is 17.7 Å². The van der Waals surface area contributed by atoms with Gasteiger partial charge in [0.05, 0.1) is 19.5 Å². The Balaban J connectivity index is 1.21. The van der Waals surface area contributed by atoms with E-state index in [2.05, 4.69) is 34.4 Å². The maximum Gasteiger partial charge on any atom is 0.481 e. The van der Waals surface area contributed by atoms with Gasteiger partial charge in [0.1, 0.15) is 42.2 Å². The number of carboxylic acid groups (broad SMARTS) is 1. The highest BCUT2D eigenvalue weighted by atomic mass is 32.2. The van der Waals surface area contributed by atoms with Gasteiger partial charge < -0.3 is 56.0 Å². The number of aliphatic carboxylic acids is 1. The van der Waals surface area contributed by atoms with E-state index in [4.69, 9.17) is 19.5 Å². The number of benzene rings is 1. The number of carbonyl (C=O) groups is 4. The smallest absolute Gasteiger partial charge is 0.481 e. The van der Waals surface area contributed by atoms with Crippen LogP contribution in [0.15, 0.2) is 43.0 Å². The Hall–Kier alpha value is -3.75. The second-order valence-corrected chi connectivity index (χ2v) is 19.2. The van der Waals surface area contributed by atoms with Gasteiger partial charge >= 0.3 is 29.4 Å². The third-order valence-corrected chi connectivity index (χ3v) is 12.7. The minimum absolute atomic E-state index is 0.00278. The molecule has 0 radical (unpaired) electrons. The highest BCUT2D eigenvalue weighted by molar-refractivity contribution is 8.13. The number of nitrogen functional groups attached to an aromatic ring is 1. The molecule has 1 aliphatic rings. The number of amides is 2. The molecule has 0 aliphatic carbocycles. The van der Waals surface area contributed by atoms with E-state index in [1.54, 1.807) is 30.3 Å². The van der Waals surface area contributed by atoms with Gasteiger partial charge in [0.2, 0.25) is 16.9 Å². The summed E-state index contributed by atoms with van der Waals surface area (Å²) in [6.07, 6.45) is -7.16. The first-order valence-electron chi connectivity index (χ1n) is 17.7. The number of ether oxygens (including phenoxy) is 1. The number of phosphoric acid groups is 3. The van der Waals surface area contributed by atoms with Gasteiger partial charge in [0, 0.05) is 30.7 Å². The van der Waals surface area contributed by atoms with Crippen LogP contribution in [0.3, 0.4) is 0 Å². The van der Waals surface area contributed by atoms with Crippen LogP contribution < -0.4 is 16.4 Å². The minimum atomic E-state index is -5.60. The summed E-state index contributed by atoms with van der Waals surface area (Å²) < 4.78 is 62.2. The van der Waals surface area contributed by atoms with E-state index in [0.717, 1.165) is 29.0 Å². The predicted molar refractivity (Wildman–Crippen MR) is 208 cm³/mol. The first-order valence-corrected chi connectivity index (χ1v) is 23.2. The number of imidazole rings is 1. The molecule has 3 unspecified atom stereocenters. The van der Waals surface area contributed by atoms with Gasteiger partial charge in [-0.3, -0.25) is 37.3 Å². The number of aromatic nitrogens is 4. The molecule has 61 heavy (non-hydrogen) atoms. The molecule has 1 saturated heterocycles. The lowest BCUT2D eigenvalue weighted by Crippen LogP contribution is -2.46. The van der Waals surface area contributed by atoms with Crippen LogP contribution in [0.25, 0.3) is 11.2 Å². The van der Waals surface area contributed by atoms with E-state index in [1.807, 2.05) is 0 Å². The molecule has 1 aromatic carbocycles. The lowest BCUT2D eigenvalue weighted by atomic mass is 9.87. The highest BCUT2D eigenvalue weighted by Crippen LogP contribution is 2.61. The zero-order valence-corrected chi connectivity index (χ0v) is 35.6. The lowest BCUT2D eigenvalue weighted by molar-refractivity contribution is -0.144. The van der Waals surface area contributed by atoms with Crippen LogP contribution in [-0.4, -0.2) is 134 Å². The van der Waals surface area contributed by atoms with Crippen LogP contribution in [-0.2, 0) is 61.9 Å². The Kier molecular flexibility index (Phi) is 17.2. The number of hydrogen-bond acceptors (Lipinski definition) is 19. The molecule has 3 heterocycles. The number of rotatable bonds is 23. The van der Waals surface area contributed by atoms with Crippen molar-refractivity contribution in [1.82, 2.24) is 30.2 Å². The Morgan fingerprint density at radius 3 is 2.33 bits per heavy atom. The number of nitrogens with two attached hydrogens (primary N) is 1. The average Bonchev–Trinajstić information content (AvgIpc) is 3.73. The Bertz CT molecular complexity index is 2180. The predicted octanol–water partition coefficient (Wildman–Crippen LogP) is -0.392. The van der Waals surface area contributed by atoms with Crippen LogP contribution in [0.4, 0.5) is 5.82 Å². The van der Waals surface area contributed by atoms with E-state index < -0.39 is 102 Å². The van der Waals surface area contributed by atoms with Crippen molar-refractivity contribution in [3.8, 4) is 0 Å². The minimum Gasteiger partial charge on any atom is -0.481 e. The fourth-order valence-electron chi connectivity index (χ4n) is 5.50. The molecule has 4 rings (SSSR count). The number of thioether (sulfide) groups is 1. The number of fused-ring (bicyclic) bond motifs is 1. The average molecular weight is 944 g/mol. The van der Waals surface area contributed by atoms with Gasteiger partial charge in [-0.2, -0.15) is 4.31 Å². The van der Waals surface area contributed by atoms with Gasteiger partial charge in [-0.05, 0) is 12.0 Å². The van der Waals surface area contributed by atoms with Crippen LogP contribution in [0.5, 0.6) is 0 Å². The normalized spacial score (nSPS) is 21.2. The molecule has 30 heteroatoms. The molecule has 2 aromatic heterocycles. The van der Waals surface area contributed by atoms with Gasteiger partial charge in [-0.15, -0.1) is 0 Å². The molecule has 338 valence electrons. The fourth-order valence-corrected chi connectivity index (χ4v) is 9.12. The zero-order valence-electron chi connectivity index (χ0n) is 32.1. The van der Waals surface area contributed by atoms with Crippen molar-refractivity contribution in [3.63, 3.8) is 0 Å². The molecule has 1 fully saturated rings. The summed E-state index contributed by atoms with van der Waals surface area (Å²) in [6.45, 7) is 0.0841. The van der Waals surface area contributed by atoms with E-state index in [-0.39, 0.29) is 48.7 Å². The molecule has 0 spiro atoms. The van der Waals surface area contributed by atoms with Crippen molar-refractivity contribution in [2.45, 2.75) is 57.3 Å². The van der Waals surface area contributed by atoms with Gasteiger partial charge in [0.25, 0.3) is 0 Å². The number of carbonyl (C=O) groups excluding carboxylic acids is 3. The summed E-state index contributed by atoms with van der Waals surface area (Å²) in [5.41, 5.74) is 4.86. The van der Waals surface area contributed by atoms with Crippen LogP contribution in [0, 0.1) is 11.3 Å². The van der Waals surface area contributed by atoms with E-state index >= 15 is 0 Å². The number of anilines is 1. The maximum absolute atomic E-state index is 12.7. The van der Waals surface area contributed by atoms with E-state index in [9.17, 15) is 67.8 Å². The molecule has 0 bridgehead atoms. The molecule has 11 N–H and O–H groups in total. The van der Waals surface area contributed by atoms with Crippen molar-refractivity contribution in [2.75, 3.05) is 37.8 Å². The largest absolute Gasteiger partial charge is 0.481 e. The van der Waals surface area contributed by atoms with Crippen molar-refractivity contribution in [3.05, 3.63) is 48.5 Å². The quantitative estimate of drug-likeness (QED) is 0.0329. The Labute approximate surface area is 350 Å². The summed E-state index contributed by atoms with van der Waals surface area (Å²) in [5, 5.41) is 35.2. The summed E-state index contributed by atoms with van der Waals surface area (Å²) in [5.74, 6) is -4.12. The van der Waals surface area contributed by atoms with Crippen LogP contribution >= 0.6 is 35.2 Å². The maximum atomic E-state index is 12.7. The van der Waals surface area contributed by atoms with Gasteiger partial charge in [-0.1, -0.05) is 55.9 Å². The fraction of sp³-hybridized carbons (Fsp3) is 0.516.